The van der Waals surface area contributed by atoms with E-state index in [1.165, 1.54) is 6.07 Å². The van der Waals surface area contributed by atoms with Gasteiger partial charge in [-0.15, -0.1) is 0 Å². The summed E-state index contributed by atoms with van der Waals surface area (Å²) in [4.78, 5) is 22.6. The van der Waals surface area contributed by atoms with E-state index >= 15 is 0 Å². The monoisotopic (exact) mass is 346 g/mol. The van der Waals surface area contributed by atoms with Gasteiger partial charge in [-0.25, -0.2) is 4.39 Å². The van der Waals surface area contributed by atoms with Crippen LogP contribution in [-0.2, 0) is 9.59 Å². The topological polar surface area (TPSA) is 54.4 Å². The number of Topliss-reactive ketones (excluding diaryl/α,β-unsaturated/α-hetero) is 1. The van der Waals surface area contributed by atoms with Gasteiger partial charge in [0.2, 0.25) is 0 Å². The maximum absolute atomic E-state index is 13.3. The summed E-state index contributed by atoms with van der Waals surface area (Å²) < 4.78 is 13.3. The number of carboxylic acid groups (broad SMARTS) is 1. The van der Waals surface area contributed by atoms with Crippen LogP contribution in [0.25, 0.3) is 6.08 Å². The predicted molar refractivity (Wildman–Crippen MR) is 96.7 cm³/mol. The Kier molecular flexibility index (Phi) is 7.35. The van der Waals surface area contributed by atoms with Crippen LogP contribution in [0, 0.1) is 24.6 Å². The summed E-state index contributed by atoms with van der Waals surface area (Å²) in [6.45, 7) is 1.75. The molecule has 2 atom stereocenters. The van der Waals surface area contributed by atoms with Crippen molar-refractivity contribution in [1.82, 2.24) is 0 Å². The van der Waals surface area contributed by atoms with Gasteiger partial charge in [0.05, 0.1) is 0 Å². The van der Waals surface area contributed by atoms with E-state index in [4.69, 9.17) is 5.11 Å². The molecule has 0 radical (unpaired) electrons. The van der Waals surface area contributed by atoms with E-state index in [1.807, 2.05) is 12.1 Å². The quantitative estimate of drug-likeness (QED) is 0.628. The molecule has 0 amide bonds. The van der Waals surface area contributed by atoms with Crippen LogP contribution in [0.4, 0.5) is 4.39 Å². The van der Waals surface area contributed by atoms with Gasteiger partial charge in [-0.2, -0.15) is 0 Å². The average molecular weight is 346 g/mol. The zero-order valence-electron chi connectivity index (χ0n) is 14.8. The Morgan fingerprint density at radius 2 is 2.04 bits per heavy atom. The Morgan fingerprint density at radius 1 is 1.28 bits per heavy atom. The third kappa shape index (κ3) is 6.11. The minimum atomic E-state index is -0.743. The molecular formula is C21H27FO3. The fraction of sp³-hybridized carbons (Fsp3) is 0.524. The number of rotatable bonds is 9. The smallest absolute Gasteiger partial charge is 0.303 e. The number of aliphatic carboxylic acids is 1. The van der Waals surface area contributed by atoms with Gasteiger partial charge in [-0.1, -0.05) is 37.5 Å². The third-order valence-electron chi connectivity index (χ3n) is 5.03. The van der Waals surface area contributed by atoms with E-state index < -0.39 is 5.97 Å². The number of halogens is 1. The second kappa shape index (κ2) is 9.50. The molecule has 3 nitrogen and oxygen atoms in total. The number of benzene rings is 1. The van der Waals surface area contributed by atoms with Crippen LogP contribution in [0.5, 0.6) is 0 Å². The van der Waals surface area contributed by atoms with Crippen molar-refractivity contribution in [2.24, 2.45) is 11.8 Å². The SMILES string of the molecule is Cc1cc(C=CC2CCC(=O)C2CCCCCCC(=O)O)ccc1F. The third-order valence-corrected chi connectivity index (χ3v) is 5.03. The van der Waals surface area contributed by atoms with Gasteiger partial charge in [0.25, 0.3) is 0 Å². The molecule has 1 aliphatic carbocycles. The highest BCUT2D eigenvalue weighted by atomic mass is 19.1. The molecule has 25 heavy (non-hydrogen) atoms. The first-order chi connectivity index (χ1) is 12.0. The molecule has 1 fully saturated rings. The Bertz CT molecular complexity index is 636. The normalized spacial score (nSPS) is 20.5. The Hall–Kier alpha value is -1.97. The lowest BCUT2D eigenvalue weighted by Gasteiger charge is -2.15. The van der Waals surface area contributed by atoms with Crippen LogP contribution in [-0.4, -0.2) is 16.9 Å². The minimum Gasteiger partial charge on any atom is -0.481 e. The number of carboxylic acids is 1. The molecule has 4 heteroatoms. The zero-order valence-corrected chi connectivity index (χ0v) is 14.8. The fourth-order valence-corrected chi connectivity index (χ4v) is 3.54. The van der Waals surface area contributed by atoms with Crippen LogP contribution >= 0.6 is 0 Å². The first-order valence-electron chi connectivity index (χ1n) is 9.16. The molecule has 136 valence electrons. The van der Waals surface area contributed by atoms with Gasteiger partial charge < -0.3 is 5.11 Å². The van der Waals surface area contributed by atoms with Gasteiger partial charge >= 0.3 is 5.97 Å². The number of ketones is 1. The van der Waals surface area contributed by atoms with Crippen LogP contribution in [0.2, 0.25) is 0 Å². The Balaban J connectivity index is 1.82. The van der Waals surface area contributed by atoms with E-state index in [2.05, 4.69) is 6.08 Å². The highest BCUT2D eigenvalue weighted by molar-refractivity contribution is 5.84. The minimum absolute atomic E-state index is 0.0808. The van der Waals surface area contributed by atoms with E-state index in [1.54, 1.807) is 13.0 Å². The van der Waals surface area contributed by atoms with Crippen molar-refractivity contribution in [3.05, 3.63) is 41.2 Å². The largest absolute Gasteiger partial charge is 0.481 e. The van der Waals surface area contributed by atoms with Gasteiger partial charge in [0.15, 0.2) is 0 Å². The summed E-state index contributed by atoms with van der Waals surface area (Å²) in [5, 5.41) is 8.62. The molecule has 1 N–H and O–H groups in total. The van der Waals surface area contributed by atoms with Crippen molar-refractivity contribution in [1.29, 1.82) is 0 Å². The maximum atomic E-state index is 13.3. The molecule has 0 heterocycles. The number of carbonyl (C=O) groups excluding carboxylic acids is 1. The van der Waals surface area contributed by atoms with Gasteiger partial charge in [0.1, 0.15) is 11.6 Å². The van der Waals surface area contributed by atoms with Crippen LogP contribution < -0.4 is 0 Å². The molecular weight excluding hydrogens is 319 g/mol. The number of carbonyl (C=O) groups is 2. The summed E-state index contributed by atoms with van der Waals surface area (Å²) in [7, 11) is 0. The van der Waals surface area contributed by atoms with Crippen molar-refractivity contribution in [2.45, 2.75) is 58.3 Å². The highest BCUT2D eigenvalue weighted by Gasteiger charge is 2.32. The molecule has 0 spiro atoms. The number of unbranched alkanes of at least 4 members (excludes halogenated alkanes) is 3. The molecule has 1 saturated carbocycles. The maximum Gasteiger partial charge on any atom is 0.303 e. The van der Waals surface area contributed by atoms with E-state index in [0.717, 1.165) is 37.7 Å². The number of hydrogen-bond acceptors (Lipinski definition) is 2. The van der Waals surface area contributed by atoms with Gasteiger partial charge in [-0.3, -0.25) is 9.59 Å². The molecule has 1 aliphatic rings. The molecule has 2 unspecified atom stereocenters. The first kappa shape index (κ1) is 19.4. The van der Waals surface area contributed by atoms with Crippen LogP contribution in [0.3, 0.4) is 0 Å². The van der Waals surface area contributed by atoms with Crippen LogP contribution in [0.15, 0.2) is 24.3 Å². The molecule has 1 aromatic rings. The summed E-state index contributed by atoms with van der Waals surface area (Å²) in [6, 6.07) is 5.05. The average Bonchev–Trinajstić information content (AvgIpc) is 2.92. The van der Waals surface area contributed by atoms with E-state index in [-0.39, 0.29) is 24.1 Å². The molecule has 0 aromatic heterocycles. The zero-order chi connectivity index (χ0) is 18.2. The van der Waals surface area contributed by atoms with Crippen molar-refractivity contribution in [3.63, 3.8) is 0 Å². The van der Waals surface area contributed by atoms with Crippen molar-refractivity contribution >= 4 is 17.8 Å². The summed E-state index contributed by atoms with van der Waals surface area (Å²) in [6.07, 6.45) is 10.3. The lowest BCUT2D eigenvalue weighted by Crippen LogP contribution is -2.13. The van der Waals surface area contributed by atoms with Gasteiger partial charge in [-0.05, 0) is 55.4 Å². The number of hydrogen-bond donors (Lipinski definition) is 1. The van der Waals surface area contributed by atoms with E-state index in [0.29, 0.717) is 24.2 Å². The summed E-state index contributed by atoms with van der Waals surface area (Å²) in [5.74, 6) is -0.259. The Labute approximate surface area is 148 Å². The number of allylic oxidation sites excluding steroid dienone is 1. The molecule has 0 saturated heterocycles. The van der Waals surface area contributed by atoms with Crippen molar-refractivity contribution < 1.29 is 19.1 Å². The molecule has 2 rings (SSSR count). The fourth-order valence-electron chi connectivity index (χ4n) is 3.54. The molecule has 0 aliphatic heterocycles. The number of aryl methyl sites for hydroxylation is 1. The standard InChI is InChI=1S/C21H27FO3/c1-15-14-16(9-12-19(15)22)8-10-17-11-13-20(23)18(17)6-4-2-3-5-7-21(24)25/h8-10,12,14,17-18H,2-7,11,13H2,1H3,(H,24,25). The summed E-state index contributed by atoms with van der Waals surface area (Å²) >= 11 is 0. The summed E-state index contributed by atoms with van der Waals surface area (Å²) in [5.41, 5.74) is 1.59. The second-order valence-corrected chi connectivity index (χ2v) is 6.99. The van der Waals surface area contributed by atoms with Crippen molar-refractivity contribution in [3.8, 4) is 0 Å². The lowest BCUT2D eigenvalue weighted by molar-refractivity contribution is -0.137. The van der Waals surface area contributed by atoms with E-state index in [9.17, 15) is 14.0 Å². The lowest BCUT2D eigenvalue weighted by atomic mass is 9.89. The second-order valence-electron chi connectivity index (χ2n) is 6.99. The van der Waals surface area contributed by atoms with Crippen LogP contribution in [0.1, 0.15) is 62.5 Å². The Morgan fingerprint density at radius 3 is 2.76 bits per heavy atom. The highest BCUT2D eigenvalue weighted by Crippen LogP contribution is 2.34. The van der Waals surface area contributed by atoms with Crippen molar-refractivity contribution in [2.75, 3.05) is 0 Å². The predicted octanol–water partition coefficient (Wildman–Crippen LogP) is 5.17. The molecule has 0 bridgehead atoms. The molecule has 1 aromatic carbocycles. The van der Waals surface area contributed by atoms with Gasteiger partial charge in [0, 0.05) is 18.8 Å². The first-order valence-corrected chi connectivity index (χ1v) is 9.16.